The second-order valence-corrected chi connectivity index (χ2v) is 24.5. The second-order valence-electron chi connectivity index (χ2n) is 23.1. The molecule has 0 aromatic carbocycles. The predicted octanol–water partition coefficient (Wildman–Crippen LogP) is 19.2. The molecule has 0 aliphatic heterocycles. The summed E-state index contributed by atoms with van der Waals surface area (Å²) in [7, 11) is 1.24. The highest BCUT2D eigenvalue weighted by Crippen LogP contribution is 2.38. The molecule has 0 spiro atoms. The Bertz CT molecular complexity index is 1340. The number of aliphatic hydroxyl groups excluding tert-OH is 1. The van der Waals surface area contributed by atoms with E-state index in [4.69, 9.17) is 9.05 Å². The molecule has 0 rings (SSSR count). The van der Waals surface area contributed by atoms with Crippen molar-refractivity contribution in [3.63, 3.8) is 0 Å². The Morgan fingerprint density at radius 1 is 0.459 bits per heavy atom. The molecule has 0 aromatic rings. The van der Waals surface area contributed by atoms with Gasteiger partial charge in [-0.25, -0.2) is 0 Å². The molecule has 74 heavy (non-hydrogen) atoms. The first kappa shape index (κ1) is 72.5. The second kappa shape index (κ2) is 56.2. The highest BCUT2D eigenvalue weighted by atomic mass is 31.2. The van der Waals surface area contributed by atoms with Crippen molar-refractivity contribution >= 4 is 13.7 Å². The number of likely N-dealkylation sites (N-methyl/N-ethyl adjacent to an activating group) is 1. The predicted molar refractivity (Wildman–Crippen MR) is 321 cm³/mol. The average molecular weight is 1060 g/mol. The van der Waals surface area contributed by atoms with Gasteiger partial charge >= 0.3 is 0 Å². The Kier molecular flexibility index (Phi) is 55.0. The number of unbranched alkanes of at least 4 members (excludes halogenated alkanes) is 40. The number of aliphatic hydroxyl groups is 1. The summed E-state index contributed by atoms with van der Waals surface area (Å²) in [6.45, 7) is 4.65. The summed E-state index contributed by atoms with van der Waals surface area (Å²) >= 11 is 0. The maximum Gasteiger partial charge on any atom is 0.268 e. The lowest BCUT2D eigenvalue weighted by Gasteiger charge is -2.29. The van der Waals surface area contributed by atoms with Crippen molar-refractivity contribution in [1.29, 1.82) is 0 Å². The van der Waals surface area contributed by atoms with Crippen LogP contribution in [0, 0.1) is 0 Å². The van der Waals surface area contributed by atoms with Crippen molar-refractivity contribution < 1.29 is 32.9 Å². The maximum atomic E-state index is 13.0. The van der Waals surface area contributed by atoms with E-state index in [1.165, 1.54) is 244 Å². The molecule has 0 aromatic heterocycles. The molecule has 0 heterocycles. The summed E-state index contributed by atoms with van der Waals surface area (Å²) in [5, 5.41) is 13.9. The van der Waals surface area contributed by atoms with Crippen molar-refractivity contribution in [1.82, 2.24) is 5.32 Å². The minimum atomic E-state index is -4.61. The number of nitrogens with one attached hydrogen (secondary N) is 1. The molecule has 2 N–H and O–H groups in total. The van der Waals surface area contributed by atoms with Gasteiger partial charge in [-0.1, -0.05) is 281 Å². The van der Waals surface area contributed by atoms with Gasteiger partial charge in [-0.2, -0.15) is 0 Å². The van der Waals surface area contributed by atoms with Gasteiger partial charge in [0.2, 0.25) is 5.91 Å². The molecule has 436 valence electrons. The third-order valence-corrected chi connectivity index (χ3v) is 15.5. The largest absolute Gasteiger partial charge is 0.756 e. The van der Waals surface area contributed by atoms with E-state index in [2.05, 4.69) is 55.6 Å². The highest BCUT2D eigenvalue weighted by molar-refractivity contribution is 7.45. The number of phosphoric ester groups is 1. The first-order valence-electron chi connectivity index (χ1n) is 32.0. The van der Waals surface area contributed by atoms with Crippen LogP contribution in [0.3, 0.4) is 0 Å². The normalized spacial score (nSPS) is 14.1. The van der Waals surface area contributed by atoms with Crippen molar-refractivity contribution in [3.8, 4) is 0 Å². The van der Waals surface area contributed by atoms with Crippen LogP contribution in [0.5, 0.6) is 0 Å². The van der Waals surface area contributed by atoms with Gasteiger partial charge in [0, 0.05) is 6.42 Å². The number of amides is 1. The summed E-state index contributed by atoms with van der Waals surface area (Å²) < 4.78 is 23.4. The van der Waals surface area contributed by atoms with Gasteiger partial charge in [0.25, 0.3) is 7.82 Å². The van der Waals surface area contributed by atoms with Crippen LogP contribution in [-0.2, 0) is 18.4 Å². The summed E-state index contributed by atoms with van der Waals surface area (Å²) in [6, 6.07) is -0.910. The lowest BCUT2D eigenvalue weighted by Crippen LogP contribution is -2.45. The molecule has 0 aliphatic carbocycles. The van der Waals surface area contributed by atoms with E-state index < -0.39 is 26.6 Å². The smallest absolute Gasteiger partial charge is 0.268 e. The number of nitrogens with zero attached hydrogens (tertiary/aromatic N) is 1. The Hall–Kier alpha value is -1.54. The van der Waals surface area contributed by atoms with Gasteiger partial charge in [-0.3, -0.25) is 9.36 Å². The number of carbonyl (C=O) groups is 1. The van der Waals surface area contributed by atoms with Gasteiger partial charge in [0.15, 0.2) is 0 Å². The van der Waals surface area contributed by atoms with Crippen LogP contribution < -0.4 is 10.2 Å². The Morgan fingerprint density at radius 2 is 0.757 bits per heavy atom. The molecule has 8 nitrogen and oxygen atoms in total. The van der Waals surface area contributed by atoms with Gasteiger partial charge < -0.3 is 28.8 Å². The topological polar surface area (TPSA) is 108 Å². The maximum absolute atomic E-state index is 13.0. The number of rotatable bonds is 59. The van der Waals surface area contributed by atoms with E-state index in [1.54, 1.807) is 6.08 Å². The fourth-order valence-electron chi connectivity index (χ4n) is 9.48. The molecule has 3 atom stereocenters. The first-order valence-corrected chi connectivity index (χ1v) is 33.5. The number of phosphoric acid groups is 1. The molecule has 0 radical (unpaired) electrons. The zero-order valence-electron chi connectivity index (χ0n) is 49.8. The zero-order chi connectivity index (χ0) is 54.2. The molecule has 0 saturated heterocycles. The molecule has 0 bridgehead atoms. The lowest BCUT2D eigenvalue weighted by atomic mass is 10.0. The van der Waals surface area contributed by atoms with E-state index in [0.29, 0.717) is 17.4 Å². The standard InChI is InChI=1S/C65H125N2O6P/c1-6-8-10-12-14-16-18-20-22-24-26-27-28-29-30-31-32-33-34-35-36-37-38-39-41-43-45-47-49-51-53-55-57-59-65(69)66-63(62-73-74(70,71)72-61-60-67(3,4)5)64(68)58-56-54-52-50-48-46-44-42-40-25-23-21-19-17-15-13-11-9-7-2/h24,26,40,42,48,50,56,58,63-64,68H,6-23,25,27-39,41,43-47,49,51-55,57,59-62H2,1-5H3,(H-,66,69,70,71)/b26-24-,42-40+,50-48+,58-56+. The van der Waals surface area contributed by atoms with Crippen LogP contribution in [0.4, 0.5) is 0 Å². The van der Waals surface area contributed by atoms with Crippen LogP contribution >= 0.6 is 7.82 Å². The van der Waals surface area contributed by atoms with E-state index in [1.807, 2.05) is 27.2 Å². The van der Waals surface area contributed by atoms with Gasteiger partial charge in [0.05, 0.1) is 39.9 Å². The third-order valence-electron chi connectivity index (χ3n) is 14.5. The molecular weight excluding hydrogens is 936 g/mol. The quantitative estimate of drug-likeness (QED) is 0.0272. The summed E-state index contributed by atoms with van der Waals surface area (Å²) in [5.74, 6) is -0.207. The average Bonchev–Trinajstić information content (AvgIpc) is 3.36. The Morgan fingerprint density at radius 3 is 1.09 bits per heavy atom. The lowest BCUT2D eigenvalue weighted by molar-refractivity contribution is -0.870. The van der Waals surface area contributed by atoms with Crippen molar-refractivity contribution in [2.75, 3.05) is 40.9 Å². The first-order chi connectivity index (χ1) is 36.0. The summed E-state index contributed by atoms with van der Waals surface area (Å²) in [6.07, 6.45) is 75.1. The van der Waals surface area contributed by atoms with Crippen LogP contribution in [0.1, 0.15) is 309 Å². The van der Waals surface area contributed by atoms with Crippen molar-refractivity contribution in [2.45, 2.75) is 321 Å². The molecule has 0 aliphatic rings. The fraction of sp³-hybridized carbons (Fsp3) is 0.862. The van der Waals surface area contributed by atoms with Crippen molar-refractivity contribution in [3.05, 3.63) is 48.6 Å². The molecule has 1 amide bonds. The van der Waals surface area contributed by atoms with Crippen LogP contribution in [-0.4, -0.2) is 68.5 Å². The van der Waals surface area contributed by atoms with E-state index in [9.17, 15) is 19.4 Å². The Labute approximate surface area is 460 Å². The SMILES string of the molecule is CCCCCCCCCC/C=C\CCCCCCCCCCCCCCCCCCCCCCCC(=O)NC(COP(=O)([O-])OCC[N+](C)(C)C)C(O)/C=C/CC/C=C/CC/C=C/CCCCCCCCCCC. The highest BCUT2D eigenvalue weighted by Gasteiger charge is 2.23. The van der Waals surface area contributed by atoms with Crippen LogP contribution in [0.25, 0.3) is 0 Å². The van der Waals surface area contributed by atoms with E-state index in [0.717, 1.165) is 44.9 Å². The third kappa shape index (κ3) is 58.1. The number of carbonyl (C=O) groups excluding carboxylic acids is 1. The monoisotopic (exact) mass is 1060 g/mol. The van der Waals surface area contributed by atoms with Gasteiger partial charge in [-0.05, 0) is 70.6 Å². The van der Waals surface area contributed by atoms with Crippen LogP contribution in [0.15, 0.2) is 48.6 Å². The number of hydrogen-bond donors (Lipinski definition) is 2. The molecule has 0 saturated carbocycles. The van der Waals surface area contributed by atoms with Crippen LogP contribution in [0.2, 0.25) is 0 Å². The van der Waals surface area contributed by atoms with Gasteiger partial charge in [-0.15, -0.1) is 0 Å². The van der Waals surface area contributed by atoms with E-state index in [-0.39, 0.29) is 12.5 Å². The molecular formula is C65H125N2O6P. The zero-order valence-corrected chi connectivity index (χ0v) is 50.7. The molecule has 0 fully saturated rings. The number of allylic oxidation sites excluding steroid dienone is 7. The minimum Gasteiger partial charge on any atom is -0.756 e. The molecule has 9 heteroatoms. The fourth-order valence-corrected chi connectivity index (χ4v) is 10.2. The van der Waals surface area contributed by atoms with Crippen molar-refractivity contribution in [2.24, 2.45) is 0 Å². The molecule has 3 unspecified atom stereocenters. The van der Waals surface area contributed by atoms with Gasteiger partial charge in [0.1, 0.15) is 13.2 Å². The number of hydrogen-bond acceptors (Lipinski definition) is 6. The summed E-state index contributed by atoms with van der Waals surface area (Å²) in [5.41, 5.74) is 0. The number of quaternary nitrogens is 1. The minimum absolute atomic E-state index is 0.00824. The van der Waals surface area contributed by atoms with E-state index >= 15 is 0 Å². The Balaban J connectivity index is 4.07. The summed E-state index contributed by atoms with van der Waals surface area (Å²) in [4.78, 5) is 25.5.